The van der Waals surface area contributed by atoms with E-state index < -0.39 is 97.5 Å². The number of hydrogen-bond acceptors (Lipinski definition) is 15. The molecule has 17 nitrogen and oxygen atoms in total. The van der Waals surface area contributed by atoms with Gasteiger partial charge in [-0.2, -0.15) is 0 Å². The zero-order valence-corrected chi connectivity index (χ0v) is 67.2. The van der Waals surface area contributed by atoms with Crippen LogP contribution in [0.3, 0.4) is 0 Å². The lowest BCUT2D eigenvalue weighted by Gasteiger charge is -2.21. The van der Waals surface area contributed by atoms with E-state index in [0.717, 1.165) is 199 Å². The van der Waals surface area contributed by atoms with Gasteiger partial charge in [-0.15, -0.1) is 0 Å². The van der Waals surface area contributed by atoms with E-state index in [4.69, 9.17) is 37.0 Å². The fraction of sp³-hybridized carbons (Fsp3) is 0.718. The predicted octanol–water partition coefficient (Wildman–Crippen LogP) is 23.9. The van der Waals surface area contributed by atoms with Gasteiger partial charge >= 0.3 is 39.5 Å². The van der Waals surface area contributed by atoms with E-state index in [1.807, 2.05) is 0 Å². The average Bonchev–Trinajstić information content (AvgIpc) is 0.926. The van der Waals surface area contributed by atoms with Gasteiger partial charge in [0, 0.05) is 25.7 Å². The van der Waals surface area contributed by atoms with Gasteiger partial charge in [0.15, 0.2) is 12.2 Å². The lowest BCUT2D eigenvalue weighted by atomic mass is 10.1. The Morgan fingerprint density at radius 3 is 0.769 bits per heavy atom. The van der Waals surface area contributed by atoms with Gasteiger partial charge in [-0.1, -0.05) is 271 Å². The quantitative estimate of drug-likeness (QED) is 0.0169. The number of allylic oxidation sites excluding steroid dienone is 20. The van der Waals surface area contributed by atoms with E-state index in [1.165, 1.54) is 57.8 Å². The number of carbonyl (C=O) groups is 4. The highest BCUT2D eigenvalue weighted by Gasteiger charge is 2.30. The van der Waals surface area contributed by atoms with Crippen LogP contribution in [0.15, 0.2) is 122 Å². The third kappa shape index (κ3) is 75.7. The van der Waals surface area contributed by atoms with Crippen LogP contribution in [-0.2, 0) is 65.4 Å². The van der Waals surface area contributed by atoms with Crippen molar-refractivity contribution in [1.82, 2.24) is 0 Å². The number of rotatable bonds is 76. The lowest BCUT2D eigenvalue weighted by Crippen LogP contribution is -2.30. The number of hydrogen-bond donors (Lipinski definition) is 3. The number of aliphatic hydroxyl groups is 1. The molecule has 0 amide bonds. The molecule has 5 atom stereocenters. The second-order valence-electron chi connectivity index (χ2n) is 27.0. The number of unbranched alkanes of at least 4 members (excludes halogenated alkanes) is 30. The fourth-order valence-electron chi connectivity index (χ4n) is 10.7. The molecule has 0 spiro atoms. The highest BCUT2D eigenvalue weighted by Crippen LogP contribution is 2.45. The Kier molecular flexibility index (Phi) is 73.3. The maximum Gasteiger partial charge on any atom is 0.472 e. The van der Waals surface area contributed by atoms with Gasteiger partial charge in [0.25, 0.3) is 0 Å². The Balaban J connectivity index is 5.42. The molecule has 0 bridgehead atoms. The third-order valence-corrected chi connectivity index (χ3v) is 18.8. The van der Waals surface area contributed by atoms with E-state index in [0.29, 0.717) is 25.7 Å². The SMILES string of the molecule is CCC=CCC=CCC=CCC=CCCCCCCC(=O)OCC(COP(=O)(O)OCC(O)COP(=O)(O)OCC(COC(=O)CCCCCCCC=CCC=CCCCCC)OC(=O)CCCCCCCC=CCC=CCCCCC)OC(=O)CCCCCCCCCC=CCC=CCCCCC. The summed E-state index contributed by atoms with van der Waals surface area (Å²) in [6, 6.07) is 0. The molecule has 19 heteroatoms. The van der Waals surface area contributed by atoms with Gasteiger partial charge in [0.1, 0.15) is 19.3 Å². The smallest absolute Gasteiger partial charge is 0.462 e. The van der Waals surface area contributed by atoms with Crippen molar-refractivity contribution < 1.29 is 80.2 Å². The van der Waals surface area contributed by atoms with Crippen LogP contribution in [0.25, 0.3) is 0 Å². The minimum absolute atomic E-state index is 0.0741. The molecule has 0 aromatic carbocycles. The van der Waals surface area contributed by atoms with Crippen LogP contribution in [0.5, 0.6) is 0 Å². The summed E-state index contributed by atoms with van der Waals surface area (Å²) < 4.78 is 68.6. The lowest BCUT2D eigenvalue weighted by molar-refractivity contribution is -0.161. The fourth-order valence-corrected chi connectivity index (χ4v) is 12.2. The van der Waals surface area contributed by atoms with Crippen molar-refractivity contribution in [1.29, 1.82) is 0 Å². The van der Waals surface area contributed by atoms with Crippen molar-refractivity contribution in [3.05, 3.63) is 122 Å². The first kappa shape index (κ1) is 99.5. The van der Waals surface area contributed by atoms with Crippen LogP contribution in [0.1, 0.15) is 336 Å². The normalized spacial score (nSPS) is 14.5. The van der Waals surface area contributed by atoms with E-state index in [9.17, 15) is 43.2 Å². The highest BCUT2D eigenvalue weighted by atomic mass is 31.2. The molecular weight excluding hydrogens is 1350 g/mol. The topological polar surface area (TPSA) is 237 Å². The summed E-state index contributed by atoms with van der Waals surface area (Å²) in [6.45, 7) is 4.65. The van der Waals surface area contributed by atoms with E-state index in [2.05, 4.69) is 149 Å². The molecule has 0 aliphatic heterocycles. The van der Waals surface area contributed by atoms with Crippen molar-refractivity contribution in [2.45, 2.75) is 354 Å². The van der Waals surface area contributed by atoms with Crippen LogP contribution in [0.2, 0.25) is 0 Å². The Labute approximate surface area is 632 Å². The minimum atomic E-state index is -4.99. The Bertz CT molecular complexity index is 2440. The van der Waals surface area contributed by atoms with Crippen LogP contribution in [-0.4, -0.2) is 96.7 Å². The first-order valence-electron chi connectivity index (χ1n) is 40.8. The summed E-state index contributed by atoms with van der Waals surface area (Å²) in [4.78, 5) is 73.1. The highest BCUT2D eigenvalue weighted by molar-refractivity contribution is 7.47. The molecular formula is C85H146O17P2. The summed E-state index contributed by atoms with van der Waals surface area (Å²) in [5.41, 5.74) is 0. The predicted molar refractivity (Wildman–Crippen MR) is 427 cm³/mol. The number of phosphoric acid groups is 2. The largest absolute Gasteiger partial charge is 0.472 e. The van der Waals surface area contributed by atoms with Crippen molar-refractivity contribution in [2.24, 2.45) is 0 Å². The summed E-state index contributed by atoms with van der Waals surface area (Å²) in [6.07, 6.45) is 84.4. The number of ether oxygens (including phenoxy) is 4. The zero-order chi connectivity index (χ0) is 76.0. The first-order chi connectivity index (χ1) is 50.7. The molecule has 0 radical (unpaired) electrons. The number of carbonyl (C=O) groups excluding carboxylic acids is 4. The zero-order valence-electron chi connectivity index (χ0n) is 65.4. The molecule has 104 heavy (non-hydrogen) atoms. The minimum Gasteiger partial charge on any atom is -0.462 e. The standard InChI is InChI=1S/C85H146O17P2/c1-5-9-13-17-21-25-29-33-37-39-43-46-50-54-58-62-66-70-83(88)96-76-81(102-85(90)72-68-64-60-56-52-48-44-40-38-34-30-26-22-18-14-10-6-2)78-100-104(93,94)98-74-79(86)73-97-103(91,92)99-77-80(101-84(89)71-67-63-59-55-51-47-42-36-32-28-24-20-16-12-8-4)75-95-82(87)69-65-61-57-53-49-45-41-35-31-27-23-19-15-11-7-3/h9,13,21-28,33-38,41-43,46,79-81,86H,5-8,10-12,14-20,29-32,39-40,44-45,47-78H2,1-4H3,(H,91,92)(H,93,94). The number of phosphoric ester groups is 2. The van der Waals surface area contributed by atoms with Crippen LogP contribution in [0.4, 0.5) is 0 Å². The van der Waals surface area contributed by atoms with Gasteiger partial charge in [0.05, 0.1) is 26.4 Å². The Morgan fingerprint density at radius 2 is 0.500 bits per heavy atom. The Morgan fingerprint density at radius 1 is 0.279 bits per heavy atom. The third-order valence-electron chi connectivity index (χ3n) is 16.9. The molecule has 0 fully saturated rings. The van der Waals surface area contributed by atoms with E-state index in [-0.39, 0.29) is 25.7 Å². The van der Waals surface area contributed by atoms with Gasteiger partial charge < -0.3 is 33.8 Å². The second-order valence-corrected chi connectivity index (χ2v) is 29.9. The molecule has 598 valence electrons. The first-order valence-corrected chi connectivity index (χ1v) is 43.8. The van der Waals surface area contributed by atoms with Crippen LogP contribution in [0, 0.1) is 0 Å². The van der Waals surface area contributed by atoms with Gasteiger partial charge in [-0.3, -0.25) is 37.3 Å². The van der Waals surface area contributed by atoms with Crippen molar-refractivity contribution in [3.8, 4) is 0 Å². The van der Waals surface area contributed by atoms with Gasteiger partial charge in [-0.05, 0) is 161 Å². The van der Waals surface area contributed by atoms with Crippen LogP contribution >= 0.6 is 15.6 Å². The van der Waals surface area contributed by atoms with E-state index >= 15 is 0 Å². The molecule has 0 aliphatic carbocycles. The van der Waals surface area contributed by atoms with E-state index in [1.54, 1.807) is 0 Å². The van der Waals surface area contributed by atoms with Crippen LogP contribution < -0.4 is 0 Å². The van der Waals surface area contributed by atoms with Gasteiger partial charge in [-0.25, -0.2) is 9.13 Å². The molecule has 0 heterocycles. The Hall–Kier alpha value is -4.54. The molecule has 0 aromatic heterocycles. The summed E-state index contributed by atoms with van der Waals surface area (Å²) in [5, 5.41) is 10.7. The van der Waals surface area contributed by atoms with Crippen molar-refractivity contribution in [2.75, 3.05) is 39.6 Å². The molecule has 0 aromatic rings. The molecule has 0 saturated carbocycles. The number of esters is 4. The summed E-state index contributed by atoms with van der Waals surface area (Å²) >= 11 is 0. The van der Waals surface area contributed by atoms with Crippen molar-refractivity contribution >= 4 is 39.5 Å². The maximum absolute atomic E-state index is 13.1. The summed E-state index contributed by atoms with van der Waals surface area (Å²) in [5.74, 6) is -2.23. The maximum atomic E-state index is 13.1. The molecule has 0 rings (SSSR count). The van der Waals surface area contributed by atoms with Crippen molar-refractivity contribution in [3.63, 3.8) is 0 Å². The molecule has 0 saturated heterocycles. The monoisotopic (exact) mass is 1500 g/mol. The average molecular weight is 1500 g/mol. The van der Waals surface area contributed by atoms with Gasteiger partial charge in [0.2, 0.25) is 0 Å². The molecule has 5 unspecified atom stereocenters. The number of aliphatic hydroxyl groups excluding tert-OH is 1. The molecule has 3 N–H and O–H groups in total. The summed E-state index contributed by atoms with van der Waals surface area (Å²) in [7, 11) is -9.98. The second kappa shape index (κ2) is 76.6. The molecule has 0 aliphatic rings.